The van der Waals surface area contributed by atoms with Crippen LogP contribution in [0.4, 0.5) is 4.39 Å². The minimum atomic E-state index is -0.0268. The van der Waals surface area contributed by atoms with Crippen molar-refractivity contribution in [1.82, 2.24) is 10.2 Å². The Morgan fingerprint density at radius 2 is 2.00 bits per heavy atom. The zero-order chi connectivity index (χ0) is 13.2. The molecule has 2 aliphatic rings. The van der Waals surface area contributed by atoms with Gasteiger partial charge in [-0.2, -0.15) is 0 Å². The van der Waals surface area contributed by atoms with Crippen LogP contribution in [0.2, 0.25) is 0 Å². The maximum absolute atomic E-state index is 14.3. The Morgan fingerprint density at radius 3 is 2.63 bits per heavy atom. The molecule has 2 fully saturated rings. The molecule has 1 aliphatic carbocycles. The third kappa shape index (κ3) is 2.67. The van der Waals surface area contributed by atoms with Gasteiger partial charge in [0.15, 0.2) is 0 Å². The van der Waals surface area contributed by atoms with Gasteiger partial charge in [-0.15, -0.1) is 0 Å². The van der Waals surface area contributed by atoms with E-state index in [1.54, 1.807) is 6.07 Å². The van der Waals surface area contributed by atoms with Gasteiger partial charge in [0.2, 0.25) is 0 Å². The lowest BCUT2D eigenvalue weighted by Crippen LogP contribution is -2.48. The van der Waals surface area contributed by atoms with Crippen LogP contribution in [0.25, 0.3) is 0 Å². The summed E-state index contributed by atoms with van der Waals surface area (Å²) in [7, 11) is 0. The fraction of sp³-hybridized carbons (Fsp3) is 0.625. The second-order valence-electron chi connectivity index (χ2n) is 5.95. The Kier molecular flexibility index (Phi) is 3.85. The zero-order valence-corrected chi connectivity index (χ0v) is 11.7. The minimum absolute atomic E-state index is 0.0268. The number of aryl methyl sites for hydroxylation is 1. The average molecular weight is 262 g/mol. The number of halogens is 1. The molecule has 1 N–H and O–H groups in total. The van der Waals surface area contributed by atoms with Gasteiger partial charge in [-0.25, -0.2) is 4.39 Å². The first kappa shape index (κ1) is 13.1. The van der Waals surface area contributed by atoms with E-state index in [0.29, 0.717) is 5.92 Å². The Morgan fingerprint density at radius 1 is 1.26 bits per heavy atom. The van der Waals surface area contributed by atoms with E-state index < -0.39 is 0 Å². The number of hydrogen-bond acceptors (Lipinski definition) is 2. The summed E-state index contributed by atoms with van der Waals surface area (Å²) in [6, 6.07) is 5.85. The van der Waals surface area contributed by atoms with Crippen LogP contribution in [0.15, 0.2) is 18.2 Å². The first-order valence-electron chi connectivity index (χ1n) is 7.46. The van der Waals surface area contributed by atoms with Crippen LogP contribution < -0.4 is 5.32 Å². The van der Waals surface area contributed by atoms with E-state index in [2.05, 4.69) is 23.2 Å². The molecule has 104 valence electrons. The number of piperazine rings is 1. The summed E-state index contributed by atoms with van der Waals surface area (Å²) in [6.07, 6.45) is 3.81. The molecular formula is C16H23FN2. The maximum Gasteiger partial charge on any atom is 0.128 e. The topological polar surface area (TPSA) is 15.3 Å². The van der Waals surface area contributed by atoms with Crippen LogP contribution in [0.1, 0.15) is 36.4 Å². The molecule has 0 amide bonds. The standard InChI is InChI=1S/C16H23FN2/c1-12-5-6-15(17)14(11-12)16(13-3-2-4-13)19-9-7-18-8-10-19/h5-6,11,13,16,18H,2-4,7-10H2,1H3/t16-/m1/s1. The van der Waals surface area contributed by atoms with Gasteiger partial charge in [0.1, 0.15) is 5.82 Å². The molecule has 0 bridgehead atoms. The Bertz CT molecular complexity index is 436. The number of benzene rings is 1. The molecule has 0 unspecified atom stereocenters. The lowest BCUT2D eigenvalue weighted by molar-refractivity contribution is 0.0811. The van der Waals surface area contributed by atoms with Crippen molar-refractivity contribution in [3.05, 3.63) is 35.1 Å². The van der Waals surface area contributed by atoms with E-state index in [-0.39, 0.29) is 11.9 Å². The van der Waals surface area contributed by atoms with Crippen LogP contribution in [0, 0.1) is 18.7 Å². The molecule has 0 spiro atoms. The molecule has 0 aromatic heterocycles. The van der Waals surface area contributed by atoms with Crippen LogP contribution in [0.5, 0.6) is 0 Å². The highest BCUT2D eigenvalue weighted by molar-refractivity contribution is 5.28. The number of rotatable bonds is 3. The largest absolute Gasteiger partial charge is 0.314 e. The Balaban J connectivity index is 1.90. The number of nitrogens with one attached hydrogen (secondary N) is 1. The van der Waals surface area contributed by atoms with Gasteiger partial charge in [-0.1, -0.05) is 24.1 Å². The van der Waals surface area contributed by atoms with Crippen molar-refractivity contribution in [2.24, 2.45) is 5.92 Å². The third-order valence-corrected chi connectivity index (χ3v) is 4.61. The van der Waals surface area contributed by atoms with Crippen molar-refractivity contribution in [3.63, 3.8) is 0 Å². The molecule has 1 saturated carbocycles. The lowest BCUT2D eigenvalue weighted by Gasteiger charge is -2.43. The fourth-order valence-corrected chi connectivity index (χ4v) is 3.35. The first-order chi connectivity index (χ1) is 9.25. The molecule has 1 saturated heterocycles. The highest BCUT2D eigenvalue weighted by Crippen LogP contribution is 2.42. The molecule has 0 radical (unpaired) electrons. The summed E-state index contributed by atoms with van der Waals surface area (Å²) in [4.78, 5) is 2.48. The molecule has 3 heteroatoms. The van der Waals surface area contributed by atoms with E-state index in [4.69, 9.17) is 0 Å². The highest BCUT2D eigenvalue weighted by Gasteiger charge is 2.34. The summed E-state index contributed by atoms with van der Waals surface area (Å²) >= 11 is 0. The molecule has 1 heterocycles. The SMILES string of the molecule is Cc1ccc(F)c([C@@H](C2CCC2)N2CCNCC2)c1. The second-order valence-corrected chi connectivity index (χ2v) is 5.95. The van der Waals surface area contributed by atoms with Crippen LogP contribution in [0.3, 0.4) is 0 Å². The lowest BCUT2D eigenvalue weighted by atomic mass is 9.76. The minimum Gasteiger partial charge on any atom is -0.314 e. The van der Waals surface area contributed by atoms with Crippen molar-refractivity contribution in [3.8, 4) is 0 Å². The zero-order valence-electron chi connectivity index (χ0n) is 11.7. The summed E-state index contributed by atoms with van der Waals surface area (Å²) < 4.78 is 14.3. The normalized spacial score (nSPS) is 23.1. The molecule has 1 aliphatic heterocycles. The summed E-state index contributed by atoms with van der Waals surface area (Å²) in [5.74, 6) is 0.621. The van der Waals surface area contributed by atoms with Crippen LogP contribution in [-0.2, 0) is 0 Å². The molecule has 1 atom stereocenters. The van der Waals surface area contributed by atoms with Gasteiger partial charge in [0.05, 0.1) is 0 Å². The van der Waals surface area contributed by atoms with Gasteiger partial charge in [0.25, 0.3) is 0 Å². The van der Waals surface area contributed by atoms with E-state index in [1.165, 1.54) is 19.3 Å². The van der Waals surface area contributed by atoms with Crippen LogP contribution in [-0.4, -0.2) is 31.1 Å². The van der Waals surface area contributed by atoms with Crippen molar-refractivity contribution in [2.45, 2.75) is 32.2 Å². The quantitative estimate of drug-likeness (QED) is 0.901. The second kappa shape index (κ2) is 5.59. The molecule has 3 rings (SSSR count). The van der Waals surface area contributed by atoms with Crippen molar-refractivity contribution >= 4 is 0 Å². The van der Waals surface area contributed by atoms with Crippen molar-refractivity contribution < 1.29 is 4.39 Å². The molecule has 1 aromatic rings. The van der Waals surface area contributed by atoms with Crippen LogP contribution >= 0.6 is 0 Å². The predicted octanol–water partition coefficient (Wildman–Crippen LogP) is 2.88. The van der Waals surface area contributed by atoms with E-state index in [9.17, 15) is 4.39 Å². The van der Waals surface area contributed by atoms with Gasteiger partial charge in [0, 0.05) is 37.8 Å². The number of hydrogen-bond donors (Lipinski definition) is 1. The fourth-order valence-electron chi connectivity index (χ4n) is 3.35. The summed E-state index contributed by atoms with van der Waals surface area (Å²) in [5.41, 5.74) is 2.09. The smallest absolute Gasteiger partial charge is 0.128 e. The monoisotopic (exact) mass is 262 g/mol. The third-order valence-electron chi connectivity index (χ3n) is 4.61. The molecular weight excluding hydrogens is 239 g/mol. The Labute approximate surface area is 115 Å². The summed E-state index contributed by atoms with van der Waals surface area (Å²) in [6.45, 7) is 6.18. The van der Waals surface area contributed by atoms with Gasteiger partial charge >= 0.3 is 0 Å². The van der Waals surface area contributed by atoms with Crippen molar-refractivity contribution in [1.29, 1.82) is 0 Å². The highest BCUT2D eigenvalue weighted by atomic mass is 19.1. The summed E-state index contributed by atoms with van der Waals surface area (Å²) in [5, 5.41) is 3.39. The van der Waals surface area contributed by atoms with Gasteiger partial charge < -0.3 is 5.32 Å². The first-order valence-corrected chi connectivity index (χ1v) is 7.46. The molecule has 19 heavy (non-hydrogen) atoms. The van der Waals surface area contributed by atoms with Crippen molar-refractivity contribution in [2.75, 3.05) is 26.2 Å². The Hall–Kier alpha value is -0.930. The van der Waals surface area contributed by atoms with E-state index in [0.717, 1.165) is 37.3 Å². The van der Waals surface area contributed by atoms with E-state index >= 15 is 0 Å². The van der Waals surface area contributed by atoms with E-state index in [1.807, 2.05) is 6.07 Å². The maximum atomic E-state index is 14.3. The number of nitrogens with zero attached hydrogens (tertiary/aromatic N) is 1. The average Bonchev–Trinajstić information content (AvgIpc) is 2.38. The van der Waals surface area contributed by atoms with Gasteiger partial charge in [-0.05, 0) is 31.7 Å². The predicted molar refractivity (Wildman–Crippen MR) is 75.7 cm³/mol. The van der Waals surface area contributed by atoms with Gasteiger partial charge in [-0.3, -0.25) is 4.90 Å². The molecule has 1 aromatic carbocycles. The molecule has 2 nitrogen and oxygen atoms in total.